The average molecular weight is 471 g/mol. The summed E-state index contributed by atoms with van der Waals surface area (Å²) in [6.45, 7) is 3.32. The number of benzene rings is 2. The van der Waals surface area contributed by atoms with Gasteiger partial charge in [0.1, 0.15) is 11.6 Å². The van der Waals surface area contributed by atoms with Gasteiger partial charge in [0.05, 0.1) is 25.0 Å². The van der Waals surface area contributed by atoms with Crippen molar-refractivity contribution >= 4 is 23.4 Å². The Bertz CT molecular complexity index is 1070. The smallest absolute Gasteiger partial charge is 0.237 e. The molecule has 0 radical (unpaired) electrons. The second-order valence-electron chi connectivity index (χ2n) is 7.79. The van der Waals surface area contributed by atoms with E-state index in [0.29, 0.717) is 23.8 Å². The third kappa shape index (κ3) is 5.72. The van der Waals surface area contributed by atoms with Crippen molar-refractivity contribution in [1.29, 1.82) is 0 Å². The number of amides is 1. The zero-order valence-electron chi connectivity index (χ0n) is 18.7. The van der Waals surface area contributed by atoms with E-state index >= 15 is 0 Å². The van der Waals surface area contributed by atoms with E-state index < -0.39 is 0 Å². The average Bonchev–Trinajstić information content (AvgIpc) is 3.49. The van der Waals surface area contributed by atoms with Crippen molar-refractivity contribution in [2.75, 3.05) is 19.0 Å². The quantitative estimate of drug-likeness (QED) is 0.454. The summed E-state index contributed by atoms with van der Waals surface area (Å²) in [6.07, 6.45) is 2.70. The minimum absolute atomic E-state index is 0.0884. The molecule has 4 rings (SSSR count). The van der Waals surface area contributed by atoms with Gasteiger partial charge >= 0.3 is 0 Å². The lowest BCUT2D eigenvalue weighted by atomic mass is 10.2. The molecule has 1 aromatic heterocycles. The Hall–Kier alpha value is -2.91. The highest BCUT2D eigenvalue weighted by atomic mass is 32.2. The number of methoxy groups -OCH3 is 1. The first-order valence-electron chi connectivity index (χ1n) is 11.0. The first-order valence-corrected chi connectivity index (χ1v) is 11.9. The summed E-state index contributed by atoms with van der Waals surface area (Å²) in [4.78, 5) is 12.9. The minimum Gasteiger partial charge on any atom is -0.497 e. The summed E-state index contributed by atoms with van der Waals surface area (Å²) >= 11 is 1.38. The number of hydrogen-bond acceptors (Lipinski definition) is 6. The van der Waals surface area contributed by atoms with E-state index in [-0.39, 0.29) is 23.1 Å². The molecular weight excluding hydrogens is 443 g/mol. The Labute approximate surface area is 196 Å². The number of ether oxygens (including phenoxy) is 2. The molecule has 7 nitrogen and oxygen atoms in total. The molecule has 2 heterocycles. The van der Waals surface area contributed by atoms with Gasteiger partial charge in [0, 0.05) is 17.9 Å². The topological polar surface area (TPSA) is 78.3 Å². The summed E-state index contributed by atoms with van der Waals surface area (Å²) < 4.78 is 26.3. The molecule has 0 aliphatic carbocycles. The van der Waals surface area contributed by atoms with Gasteiger partial charge in [-0.05, 0) is 67.8 Å². The first kappa shape index (κ1) is 23.3. The van der Waals surface area contributed by atoms with Crippen molar-refractivity contribution in [3.05, 3.63) is 54.3 Å². The Morgan fingerprint density at radius 3 is 2.64 bits per heavy atom. The van der Waals surface area contributed by atoms with Gasteiger partial charge in [0.15, 0.2) is 11.0 Å². The maximum absolute atomic E-state index is 13.2. The number of hydrogen-bond donors (Lipinski definition) is 1. The lowest BCUT2D eigenvalue weighted by Gasteiger charge is -2.18. The van der Waals surface area contributed by atoms with Crippen molar-refractivity contribution in [2.24, 2.45) is 0 Å². The molecule has 0 bridgehead atoms. The lowest BCUT2D eigenvalue weighted by Crippen LogP contribution is -2.25. The second-order valence-corrected chi connectivity index (χ2v) is 8.96. The third-order valence-electron chi connectivity index (χ3n) is 5.50. The molecule has 1 N–H and O–H groups in total. The molecule has 174 valence electrons. The molecule has 33 heavy (non-hydrogen) atoms. The van der Waals surface area contributed by atoms with Crippen molar-refractivity contribution < 1.29 is 18.7 Å². The van der Waals surface area contributed by atoms with Gasteiger partial charge in [0.25, 0.3) is 0 Å². The zero-order valence-corrected chi connectivity index (χ0v) is 19.5. The van der Waals surface area contributed by atoms with Gasteiger partial charge in [-0.3, -0.25) is 9.36 Å². The number of thioether (sulfide) groups is 1. The fourth-order valence-corrected chi connectivity index (χ4v) is 4.65. The van der Waals surface area contributed by atoms with E-state index in [9.17, 15) is 9.18 Å². The Kier molecular flexibility index (Phi) is 7.61. The Morgan fingerprint density at radius 2 is 2.00 bits per heavy atom. The molecule has 1 aliphatic rings. The van der Waals surface area contributed by atoms with E-state index in [0.717, 1.165) is 36.6 Å². The normalized spacial score (nSPS) is 16.5. The number of anilines is 1. The highest BCUT2D eigenvalue weighted by Crippen LogP contribution is 2.31. The van der Waals surface area contributed by atoms with Crippen LogP contribution < -0.4 is 10.1 Å². The van der Waals surface area contributed by atoms with E-state index in [1.165, 1.54) is 23.9 Å². The van der Waals surface area contributed by atoms with Crippen LogP contribution >= 0.6 is 11.8 Å². The SMILES string of the molecule is CC[C@H](Sc1nnc(-c2ccc(OC)cc2)n1C[C@H]1CCCO1)C(=O)Nc1ccc(F)cc1. The molecule has 1 saturated heterocycles. The first-order chi connectivity index (χ1) is 16.1. The number of carbonyl (C=O) groups excluding carboxylic acids is 1. The third-order valence-corrected chi connectivity index (χ3v) is 6.84. The lowest BCUT2D eigenvalue weighted by molar-refractivity contribution is -0.115. The molecule has 0 unspecified atom stereocenters. The summed E-state index contributed by atoms with van der Waals surface area (Å²) in [5.74, 6) is 0.987. The number of carbonyl (C=O) groups is 1. The highest BCUT2D eigenvalue weighted by Gasteiger charge is 2.26. The molecule has 9 heteroatoms. The van der Waals surface area contributed by atoms with Crippen LogP contribution in [0.25, 0.3) is 11.4 Å². The number of rotatable bonds is 9. The van der Waals surface area contributed by atoms with Crippen molar-refractivity contribution in [3.8, 4) is 17.1 Å². The van der Waals surface area contributed by atoms with Crippen LogP contribution in [0.3, 0.4) is 0 Å². The number of aromatic nitrogens is 3. The molecule has 0 spiro atoms. The van der Waals surface area contributed by atoms with E-state index in [1.54, 1.807) is 19.2 Å². The molecular formula is C24H27FN4O3S. The van der Waals surface area contributed by atoms with Crippen LogP contribution in [-0.4, -0.2) is 45.7 Å². The van der Waals surface area contributed by atoms with Gasteiger partial charge in [-0.15, -0.1) is 10.2 Å². The van der Waals surface area contributed by atoms with Crippen molar-refractivity contribution in [2.45, 2.75) is 49.2 Å². The predicted octanol–water partition coefficient (Wildman–Crippen LogP) is 4.78. The summed E-state index contributed by atoms with van der Waals surface area (Å²) in [7, 11) is 1.63. The number of nitrogens with one attached hydrogen (secondary N) is 1. The molecule has 2 aromatic carbocycles. The predicted molar refractivity (Wildman–Crippen MR) is 126 cm³/mol. The monoisotopic (exact) mass is 470 g/mol. The maximum Gasteiger partial charge on any atom is 0.237 e. The molecule has 1 fully saturated rings. The van der Waals surface area contributed by atoms with Crippen LogP contribution in [0.5, 0.6) is 5.75 Å². The highest BCUT2D eigenvalue weighted by molar-refractivity contribution is 8.00. The largest absolute Gasteiger partial charge is 0.497 e. The Morgan fingerprint density at radius 1 is 1.24 bits per heavy atom. The minimum atomic E-state index is -0.383. The van der Waals surface area contributed by atoms with Crippen LogP contribution in [0.4, 0.5) is 10.1 Å². The van der Waals surface area contributed by atoms with Crippen LogP contribution in [0.1, 0.15) is 26.2 Å². The van der Waals surface area contributed by atoms with Crippen LogP contribution in [-0.2, 0) is 16.1 Å². The molecule has 2 atom stereocenters. The van der Waals surface area contributed by atoms with Crippen LogP contribution in [0.2, 0.25) is 0 Å². The standard InChI is InChI=1S/C24H27FN4O3S/c1-3-21(23(30)26-18-10-8-17(25)9-11-18)33-24-28-27-22(16-6-12-19(31-2)13-7-16)29(24)15-20-5-4-14-32-20/h6-13,20-21H,3-5,14-15H2,1-2H3,(H,26,30)/t20-,21+/m1/s1. The Balaban J connectivity index is 1.57. The molecule has 1 amide bonds. The second kappa shape index (κ2) is 10.8. The summed E-state index contributed by atoms with van der Waals surface area (Å²) in [5, 5.41) is 12.0. The van der Waals surface area contributed by atoms with E-state index in [1.807, 2.05) is 35.8 Å². The fraction of sp³-hybridized carbons (Fsp3) is 0.375. The van der Waals surface area contributed by atoms with Gasteiger partial charge in [-0.1, -0.05) is 18.7 Å². The fourth-order valence-electron chi connectivity index (χ4n) is 3.69. The molecule has 1 aliphatic heterocycles. The van der Waals surface area contributed by atoms with Crippen molar-refractivity contribution in [1.82, 2.24) is 14.8 Å². The molecule has 3 aromatic rings. The van der Waals surface area contributed by atoms with Crippen LogP contribution in [0, 0.1) is 5.82 Å². The summed E-state index contributed by atoms with van der Waals surface area (Å²) in [5.41, 5.74) is 1.47. The van der Waals surface area contributed by atoms with Gasteiger partial charge in [-0.2, -0.15) is 0 Å². The van der Waals surface area contributed by atoms with E-state index in [4.69, 9.17) is 9.47 Å². The zero-order chi connectivity index (χ0) is 23.2. The molecule has 0 saturated carbocycles. The summed E-state index contributed by atoms with van der Waals surface area (Å²) in [6, 6.07) is 13.4. The van der Waals surface area contributed by atoms with Gasteiger partial charge < -0.3 is 14.8 Å². The maximum atomic E-state index is 13.2. The van der Waals surface area contributed by atoms with Gasteiger partial charge in [-0.25, -0.2) is 4.39 Å². The number of halogens is 1. The van der Waals surface area contributed by atoms with Crippen molar-refractivity contribution in [3.63, 3.8) is 0 Å². The van der Waals surface area contributed by atoms with Gasteiger partial charge in [0.2, 0.25) is 5.91 Å². The van der Waals surface area contributed by atoms with E-state index in [2.05, 4.69) is 15.5 Å². The number of nitrogens with zero attached hydrogens (tertiary/aromatic N) is 3. The van der Waals surface area contributed by atoms with Crippen LogP contribution in [0.15, 0.2) is 53.7 Å².